The number of nitrogens with one attached hydrogen (secondary N) is 2. The summed E-state index contributed by atoms with van der Waals surface area (Å²) in [6.45, 7) is 7.15. The number of rotatable bonds is 7. The van der Waals surface area contributed by atoms with E-state index in [9.17, 15) is 4.79 Å². The van der Waals surface area contributed by atoms with E-state index in [1.165, 1.54) is 12.8 Å². The number of carbonyl (C=O) groups excluding carboxylic acids is 1. The fraction of sp³-hybridized carbons (Fsp3) is 0.579. The molecule has 0 atom stereocenters. The van der Waals surface area contributed by atoms with Crippen molar-refractivity contribution in [3.05, 3.63) is 35.4 Å². The van der Waals surface area contributed by atoms with Crippen LogP contribution in [0.4, 0.5) is 0 Å². The van der Waals surface area contributed by atoms with Crippen LogP contribution in [0.3, 0.4) is 0 Å². The lowest BCUT2D eigenvalue weighted by molar-refractivity contribution is 0.0951. The molecule has 0 unspecified atom stereocenters. The van der Waals surface area contributed by atoms with Crippen molar-refractivity contribution in [1.82, 2.24) is 20.4 Å². The summed E-state index contributed by atoms with van der Waals surface area (Å²) >= 11 is 0. The number of likely N-dealkylation sites (N-methyl/N-ethyl adjacent to an activating group) is 1. The van der Waals surface area contributed by atoms with Crippen LogP contribution in [0, 0.1) is 0 Å². The van der Waals surface area contributed by atoms with Gasteiger partial charge in [-0.25, -0.2) is 4.99 Å². The lowest BCUT2D eigenvalue weighted by atomic mass is 10.1. The minimum atomic E-state index is -0.0286. The van der Waals surface area contributed by atoms with Gasteiger partial charge in [-0.15, -0.1) is 0 Å². The molecule has 1 aliphatic heterocycles. The molecule has 1 amide bonds. The van der Waals surface area contributed by atoms with E-state index in [2.05, 4.69) is 22.5 Å². The summed E-state index contributed by atoms with van der Waals surface area (Å²) in [6.07, 6.45) is 2.46. The molecular formula is C19H31N5O. The molecule has 6 heteroatoms. The van der Waals surface area contributed by atoms with Crippen molar-refractivity contribution >= 4 is 11.9 Å². The van der Waals surface area contributed by atoms with Crippen LogP contribution >= 0.6 is 0 Å². The van der Waals surface area contributed by atoms with Crippen molar-refractivity contribution in [2.45, 2.75) is 26.3 Å². The SMILES string of the molecule is CCNC(=NCc1cccc(C(=O)NCCN(C)C)c1)N1CCCC1. The van der Waals surface area contributed by atoms with Gasteiger partial charge in [0, 0.05) is 38.3 Å². The lowest BCUT2D eigenvalue weighted by Gasteiger charge is -2.20. The fourth-order valence-electron chi connectivity index (χ4n) is 2.83. The first kappa shape index (κ1) is 19.2. The van der Waals surface area contributed by atoms with Crippen molar-refractivity contribution in [2.24, 2.45) is 4.99 Å². The van der Waals surface area contributed by atoms with E-state index in [-0.39, 0.29) is 5.91 Å². The Kier molecular flexibility index (Phi) is 7.73. The van der Waals surface area contributed by atoms with E-state index in [0.29, 0.717) is 18.7 Å². The molecule has 0 aliphatic carbocycles. The maximum atomic E-state index is 12.2. The number of benzene rings is 1. The van der Waals surface area contributed by atoms with Crippen LogP contribution < -0.4 is 10.6 Å². The van der Waals surface area contributed by atoms with Gasteiger partial charge in [-0.1, -0.05) is 12.1 Å². The standard InChI is InChI=1S/C19H31N5O/c1-4-20-19(24-11-5-6-12-24)22-15-16-8-7-9-17(14-16)18(25)21-10-13-23(2)3/h7-9,14H,4-6,10-13,15H2,1-3H3,(H,20,22)(H,21,25). The Morgan fingerprint density at radius 2 is 2.00 bits per heavy atom. The van der Waals surface area contributed by atoms with Crippen LogP contribution in [0.5, 0.6) is 0 Å². The minimum absolute atomic E-state index is 0.0286. The molecule has 2 rings (SSSR count). The Hall–Kier alpha value is -2.08. The van der Waals surface area contributed by atoms with E-state index in [0.717, 1.165) is 37.7 Å². The Morgan fingerprint density at radius 1 is 1.24 bits per heavy atom. The molecule has 1 aromatic carbocycles. The summed E-state index contributed by atoms with van der Waals surface area (Å²) in [7, 11) is 3.99. The number of nitrogens with zero attached hydrogens (tertiary/aromatic N) is 3. The molecule has 1 saturated heterocycles. The number of hydrogen-bond acceptors (Lipinski definition) is 3. The molecule has 25 heavy (non-hydrogen) atoms. The Balaban J connectivity index is 1.97. The largest absolute Gasteiger partial charge is 0.357 e. The third-order valence-corrected chi connectivity index (χ3v) is 4.19. The van der Waals surface area contributed by atoms with Gasteiger partial charge >= 0.3 is 0 Å². The molecule has 0 radical (unpaired) electrons. The first-order valence-electron chi connectivity index (χ1n) is 9.15. The highest BCUT2D eigenvalue weighted by molar-refractivity contribution is 5.94. The average Bonchev–Trinajstić information content (AvgIpc) is 3.13. The monoisotopic (exact) mass is 345 g/mol. The lowest BCUT2D eigenvalue weighted by Crippen LogP contribution is -2.39. The molecule has 0 spiro atoms. The molecule has 6 nitrogen and oxygen atoms in total. The molecule has 0 aromatic heterocycles. The highest BCUT2D eigenvalue weighted by Gasteiger charge is 2.15. The van der Waals surface area contributed by atoms with Crippen LogP contribution in [0.2, 0.25) is 0 Å². The second kappa shape index (κ2) is 10.0. The molecule has 1 aliphatic rings. The van der Waals surface area contributed by atoms with Crippen molar-refractivity contribution in [3.8, 4) is 0 Å². The van der Waals surface area contributed by atoms with E-state index in [1.54, 1.807) is 0 Å². The van der Waals surface area contributed by atoms with Crippen LogP contribution in [0.15, 0.2) is 29.3 Å². The molecule has 138 valence electrons. The average molecular weight is 345 g/mol. The van der Waals surface area contributed by atoms with Gasteiger partial charge in [0.1, 0.15) is 0 Å². The van der Waals surface area contributed by atoms with Crippen LogP contribution in [0.25, 0.3) is 0 Å². The van der Waals surface area contributed by atoms with Crippen LogP contribution in [-0.2, 0) is 6.54 Å². The van der Waals surface area contributed by atoms with Gasteiger partial charge in [0.15, 0.2) is 5.96 Å². The predicted molar refractivity (Wildman–Crippen MR) is 103 cm³/mol. The highest BCUT2D eigenvalue weighted by atomic mass is 16.1. The number of hydrogen-bond donors (Lipinski definition) is 2. The second-order valence-electron chi connectivity index (χ2n) is 6.62. The zero-order chi connectivity index (χ0) is 18.1. The van der Waals surface area contributed by atoms with Gasteiger partial charge in [0.25, 0.3) is 5.91 Å². The van der Waals surface area contributed by atoms with E-state index >= 15 is 0 Å². The van der Waals surface area contributed by atoms with Gasteiger partial charge in [-0.05, 0) is 51.6 Å². The summed E-state index contributed by atoms with van der Waals surface area (Å²) in [6, 6.07) is 7.73. The number of carbonyl (C=O) groups is 1. The normalized spacial score (nSPS) is 14.9. The van der Waals surface area contributed by atoms with E-state index < -0.39 is 0 Å². The van der Waals surface area contributed by atoms with Crippen LogP contribution in [-0.4, -0.2) is 68.5 Å². The molecule has 2 N–H and O–H groups in total. The maximum Gasteiger partial charge on any atom is 0.251 e. The predicted octanol–water partition coefficient (Wildman–Crippen LogP) is 1.54. The quantitative estimate of drug-likeness (QED) is 0.581. The topological polar surface area (TPSA) is 60.0 Å². The minimum Gasteiger partial charge on any atom is -0.357 e. The van der Waals surface area contributed by atoms with Crippen LogP contribution in [0.1, 0.15) is 35.7 Å². The second-order valence-corrected chi connectivity index (χ2v) is 6.62. The number of aliphatic imine (C=N–C) groups is 1. The van der Waals surface area contributed by atoms with Gasteiger partial charge < -0.3 is 20.4 Å². The van der Waals surface area contributed by atoms with Crippen molar-refractivity contribution in [3.63, 3.8) is 0 Å². The summed E-state index contributed by atoms with van der Waals surface area (Å²) in [4.78, 5) is 21.3. The molecular weight excluding hydrogens is 314 g/mol. The van der Waals surface area contributed by atoms with Crippen molar-refractivity contribution in [2.75, 3.05) is 46.8 Å². The van der Waals surface area contributed by atoms with Gasteiger partial charge in [0.05, 0.1) is 6.54 Å². The Morgan fingerprint density at radius 3 is 2.68 bits per heavy atom. The maximum absolute atomic E-state index is 12.2. The summed E-state index contributed by atoms with van der Waals surface area (Å²) in [5.41, 5.74) is 1.74. The molecule has 0 saturated carbocycles. The zero-order valence-corrected chi connectivity index (χ0v) is 15.7. The zero-order valence-electron chi connectivity index (χ0n) is 15.7. The van der Waals surface area contributed by atoms with E-state index in [4.69, 9.17) is 4.99 Å². The molecule has 1 aromatic rings. The Labute approximate surface area is 151 Å². The number of likely N-dealkylation sites (tertiary alicyclic amines) is 1. The summed E-state index contributed by atoms with van der Waals surface area (Å²) in [5.74, 6) is 0.944. The summed E-state index contributed by atoms with van der Waals surface area (Å²) < 4.78 is 0. The van der Waals surface area contributed by atoms with Crippen molar-refractivity contribution < 1.29 is 4.79 Å². The molecule has 0 bridgehead atoms. The smallest absolute Gasteiger partial charge is 0.251 e. The first-order valence-corrected chi connectivity index (χ1v) is 9.15. The Bertz CT molecular complexity index is 579. The van der Waals surface area contributed by atoms with E-state index in [1.807, 2.05) is 43.3 Å². The van der Waals surface area contributed by atoms with Gasteiger partial charge in [0.2, 0.25) is 0 Å². The fourth-order valence-corrected chi connectivity index (χ4v) is 2.83. The van der Waals surface area contributed by atoms with Crippen molar-refractivity contribution in [1.29, 1.82) is 0 Å². The van der Waals surface area contributed by atoms with Gasteiger partial charge in [-0.3, -0.25) is 4.79 Å². The third-order valence-electron chi connectivity index (χ3n) is 4.19. The third kappa shape index (κ3) is 6.38. The first-order chi connectivity index (χ1) is 12.1. The highest BCUT2D eigenvalue weighted by Crippen LogP contribution is 2.10. The number of guanidine groups is 1. The molecule has 1 heterocycles. The summed E-state index contributed by atoms with van der Waals surface area (Å²) in [5, 5.41) is 6.31. The molecule has 1 fully saturated rings. The number of amides is 1. The van der Waals surface area contributed by atoms with Gasteiger partial charge in [-0.2, -0.15) is 0 Å².